The first-order chi connectivity index (χ1) is 26.6. The van der Waals surface area contributed by atoms with Crippen molar-refractivity contribution >= 4 is 11.9 Å². The Labute approximate surface area is 333 Å². The molecule has 5 nitrogen and oxygen atoms in total. The van der Waals surface area contributed by atoms with Crippen molar-refractivity contribution in [3.63, 3.8) is 0 Å². The lowest BCUT2D eigenvalue weighted by Crippen LogP contribution is -2.30. The molecule has 0 aliphatic rings. The summed E-state index contributed by atoms with van der Waals surface area (Å²) in [6.07, 6.45) is 57.5. The number of allylic oxidation sites excluding steroid dienone is 13. The van der Waals surface area contributed by atoms with E-state index in [4.69, 9.17) is 14.2 Å². The van der Waals surface area contributed by atoms with Crippen molar-refractivity contribution in [2.75, 3.05) is 19.8 Å². The highest BCUT2D eigenvalue weighted by Gasteiger charge is 2.17. The molecule has 0 heterocycles. The average molecular weight is 751 g/mol. The Morgan fingerprint density at radius 3 is 1.37 bits per heavy atom. The molecule has 0 N–H and O–H groups in total. The third-order valence-corrected chi connectivity index (χ3v) is 8.93. The van der Waals surface area contributed by atoms with E-state index in [9.17, 15) is 9.59 Å². The summed E-state index contributed by atoms with van der Waals surface area (Å²) in [6, 6.07) is 0. The van der Waals surface area contributed by atoms with Gasteiger partial charge in [-0.05, 0) is 83.5 Å². The molecule has 0 radical (unpaired) electrons. The molecule has 0 aromatic heterocycles. The van der Waals surface area contributed by atoms with Gasteiger partial charge in [-0.3, -0.25) is 9.59 Å². The van der Waals surface area contributed by atoms with Crippen LogP contribution in [0.3, 0.4) is 0 Å². The molecule has 0 saturated carbocycles. The van der Waals surface area contributed by atoms with E-state index in [1.54, 1.807) is 0 Å². The minimum Gasteiger partial charge on any atom is -0.462 e. The van der Waals surface area contributed by atoms with Crippen LogP contribution in [0.1, 0.15) is 188 Å². The van der Waals surface area contributed by atoms with Crippen LogP contribution in [0.2, 0.25) is 0 Å². The highest BCUT2D eigenvalue weighted by Crippen LogP contribution is 2.12. The number of carbonyl (C=O) groups is 2. The largest absolute Gasteiger partial charge is 0.462 e. The summed E-state index contributed by atoms with van der Waals surface area (Å²) in [5.41, 5.74) is 0. The highest BCUT2D eigenvalue weighted by atomic mass is 16.6. The fraction of sp³-hybridized carbons (Fsp3) is 0.673. The molecule has 0 aromatic rings. The van der Waals surface area contributed by atoms with Crippen molar-refractivity contribution < 1.29 is 23.8 Å². The number of ether oxygens (including phenoxy) is 3. The summed E-state index contributed by atoms with van der Waals surface area (Å²) >= 11 is 0. The molecule has 54 heavy (non-hydrogen) atoms. The summed E-state index contributed by atoms with van der Waals surface area (Å²) < 4.78 is 17.1. The molecular formula is C49H82O5. The second kappa shape index (κ2) is 44.5. The zero-order chi connectivity index (χ0) is 39.3. The van der Waals surface area contributed by atoms with Crippen molar-refractivity contribution in [2.45, 2.75) is 194 Å². The van der Waals surface area contributed by atoms with Crippen molar-refractivity contribution in [1.82, 2.24) is 0 Å². The monoisotopic (exact) mass is 751 g/mol. The van der Waals surface area contributed by atoms with E-state index >= 15 is 0 Å². The minimum absolute atomic E-state index is 0.0452. The zero-order valence-electron chi connectivity index (χ0n) is 35.2. The van der Waals surface area contributed by atoms with E-state index in [1.807, 2.05) is 0 Å². The number of rotatable bonds is 39. The van der Waals surface area contributed by atoms with Gasteiger partial charge in [0, 0.05) is 12.8 Å². The van der Waals surface area contributed by atoms with E-state index < -0.39 is 6.10 Å². The molecule has 0 saturated heterocycles. The van der Waals surface area contributed by atoms with Gasteiger partial charge in [0.25, 0.3) is 0 Å². The maximum absolute atomic E-state index is 12.6. The number of unbranched alkanes of at least 4 members (excludes halogenated alkanes) is 14. The third kappa shape index (κ3) is 41.8. The van der Waals surface area contributed by atoms with Gasteiger partial charge in [0.1, 0.15) is 6.61 Å². The maximum Gasteiger partial charge on any atom is 0.306 e. The smallest absolute Gasteiger partial charge is 0.306 e. The Hall–Kier alpha value is -2.92. The van der Waals surface area contributed by atoms with E-state index in [-0.39, 0.29) is 25.2 Å². The van der Waals surface area contributed by atoms with Crippen LogP contribution in [0.15, 0.2) is 85.1 Å². The van der Waals surface area contributed by atoms with E-state index in [2.05, 4.69) is 106 Å². The standard InChI is InChI=1S/C49H82O5/c1-4-7-10-13-16-18-20-22-24-26-28-30-32-35-38-41-44-52-45-47(54-49(51)43-40-37-33-15-12-9-6-3)46-53-48(50)42-39-36-34-31-29-27-25-23-21-19-17-14-11-8-5-2/h7,10,16-19,22-25,28,30,35,38,47H,4-6,8-9,11-15,20-21,26-27,29,31-34,36-37,39-46H2,1-3H3/b10-7-,18-16-,19-17-,24-22-,25-23-,30-28-,38-35-. The quantitative estimate of drug-likeness (QED) is 0.0356. The van der Waals surface area contributed by atoms with Crippen LogP contribution in [-0.2, 0) is 23.8 Å². The topological polar surface area (TPSA) is 61.8 Å². The van der Waals surface area contributed by atoms with Crippen molar-refractivity contribution in [2.24, 2.45) is 0 Å². The van der Waals surface area contributed by atoms with Gasteiger partial charge in [0.15, 0.2) is 6.10 Å². The molecule has 0 aliphatic heterocycles. The lowest BCUT2D eigenvalue weighted by molar-refractivity contribution is -0.162. The summed E-state index contributed by atoms with van der Waals surface area (Å²) in [6.45, 7) is 7.41. The molecule has 5 heteroatoms. The lowest BCUT2D eigenvalue weighted by atomic mass is 10.1. The molecule has 0 amide bonds. The summed E-state index contributed by atoms with van der Waals surface area (Å²) in [7, 11) is 0. The molecule has 0 rings (SSSR count). The van der Waals surface area contributed by atoms with Crippen LogP contribution in [0, 0.1) is 0 Å². The number of hydrogen-bond donors (Lipinski definition) is 0. The van der Waals surface area contributed by atoms with Gasteiger partial charge in [-0.15, -0.1) is 0 Å². The van der Waals surface area contributed by atoms with Crippen molar-refractivity contribution in [1.29, 1.82) is 0 Å². The Kier molecular flexibility index (Phi) is 42.1. The van der Waals surface area contributed by atoms with Crippen LogP contribution in [0.5, 0.6) is 0 Å². The Bertz CT molecular complexity index is 1030. The van der Waals surface area contributed by atoms with E-state index in [0.717, 1.165) is 89.9 Å². The number of carbonyl (C=O) groups excluding carboxylic acids is 2. The normalized spacial score (nSPS) is 13.0. The van der Waals surface area contributed by atoms with Gasteiger partial charge < -0.3 is 14.2 Å². The van der Waals surface area contributed by atoms with Gasteiger partial charge in [0.05, 0.1) is 13.2 Å². The molecule has 0 bridgehead atoms. The highest BCUT2D eigenvalue weighted by molar-refractivity contribution is 5.70. The number of esters is 2. The Morgan fingerprint density at radius 2 is 0.833 bits per heavy atom. The second-order valence-electron chi connectivity index (χ2n) is 14.2. The molecule has 0 aliphatic carbocycles. The second-order valence-corrected chi connectivity index (χ2v) is 14.2. The summed E-state index contributed by atoms with van der Waals surface area (Å²) in [5, 5.41) is 0. The third-order valence-electron chi connectivity index (χ3n) is 8.93. The first-order valence-electron chi connectivity index (χ1n) is 22.1. The van der Waals surface area contributed by atoms with Crippen molar-refractivity contribution in [3.05, 3.63) is 85.1 Å². The zero-order valence-corrected chi connectivity index (χ0v) is 35.2. The van der Waals surface area contributed by atoms with Gasteiger partial charge in [-0.2, -0.15) is 0 Å². The Balaban J connectivity index is 4.32. The van der Waals surface area contributed by atoms with Gasteiger partial charge in [-0.25, -0.2) is 0 Å². The van der Waals surface area contributed by atoms with Gasteiger partial charge >= 0.3 is 11.9 Å². The molecule has 1 atom stereocenters. The van der Waals surface area contributed by atoms with Gasteiger partial charge in [-0.1, -0.05) is 176 Å². The van der Waals surface area contributed by atoms with E-state index in [0.29, 0.717) is 19.4 Å². The first-order valence-corrected chi connectivity index (χ1v) is 22.1. The van der Waals surface area contributed by atoms with Gasteiger partial charge in [0.2, 0.25) is 0 Å². The molecule has 308 valence electrons. The van der Waals surface area contributed by atoms with Crippen LogP contribution in [0.4, 0.5) is 0 Å². The van der Waals surface area contributed by atoms with Crippen LogP contribution in [0.25, 0.3) is 0 Å². The fourth-order valence-corrected chi connectivity index (χ4v) is 5.66. The van der Waals surface area contributed by atoms with Crippen LogP contribution in [-0.4, -0.2) is 37.9 Å². The minimum atomic E-state index is -0.580. The molecule has 0 spiro atoms. The average Bonchev–Trinajstić information content (AvgIpc) is 3.17. The fourth-order valence-electron chi connectivity index (χ4n) is 5.66. The molecule has 1 unspecified atom stereocenters. The first kappa shape index (κ1) is 51.1. The number of hydrogen-bond acceptors (Lipinski definition) is 5. The predicted octanol–water partition coefficient (Wildman–Crippen LogP) is 14.6. The molecular weight excluding hydrogens is 669 g/mol. The molecule has 0 aromatic carbocycles. The molecule has 0 fully saturated rings. The predicted molar refractivity (Wildman–Crippen MR) is 233 cm³/mol. The summed E-state index contributed by atoms with van der Waals surface area (Å²) in [4.78, 5) is 25.1. The van der Waals surface area contributed by atoms with Crippen LogP contribution >= 0.6 is 0 Å². The summed E-state index contributed by atoms with van der Waals surface area (Å²) in [5.74, 6) is -0.465. The van der Waals surface area contributed by atoms with Crippen LogP contribution < -0.4 is 0 Å². The Morgan fingerprint density at radius 1 is 0.426 bits per heavy atom. The SMILES string of the molecule is CC/C=C\C/C=C\C/C=C\C/C=C\C/C=C\CCOCC(COC(=O)CCCCCCC/C=C\C/C=C\CCCCC)OC(=O)CCCCCCCCC. The maximum atomic E-state index is 12.6. The van der Waals surface area contributed by atoms with E-state index in [1.165, 1.54) is 64.2 Å². The van der Waals surface area contributed by atoms with Crippen molar-refractivity contribution in [3.8, 4) is 0 Å². The lowest BCUT2D eigenvalue weighted by Gasteiger charge is -2.18.